The Morgan fingerprint density at radius 2 is 1.75 bits per heavy atom. The van der Waals surface area contributed by atoms with E-state index in [1.807, 2.05) is 30.3 Å². The number of nitrogens with zero attached hydrogens (tertiary/aromatic N) is 1. The summed E-state index contributed by atoms with van der Waals surface area (Å²) in [6.07, 6.45) is 0. The van der Waals surface area contributed by atoms with Crippen LogP contribution in [0.5, 0.6) is 0 Å². The van der Waals surface area contributed by atoms with E-state index in [0.29, 0.717) is 0 Å². The zero-order chi connectivity index (χ0) is 11.5. The summed E-state index contributed by atoms with van der Waals surface area (Å²) in [5, 5.41) is 10.9. The molecule has 0 aliphatic heterocycles. The summed E-state index contributed by atoms with van der Waals surface area (Å²) in [6.45, 7) is 0. The first-order valence-corrected chi connectivity index (χ1v) is 5.05. The maximum Gasteiger partial charge on any atom is 0.277 e. The Balaban J connectivity index is 0.000000125. The monoisotopic (exact) mass is 233 g/mol. The van der Waals surface area contributed by atoms with Crippen molar-refractivity contribution in [2.24, 2.45) is 0 Å². The highest BCUT2D eigenvalue weighted by Gasteiger charge is 2.24. The number of rotatable bonds is 1. The molecule has 0 saturated carbocycles. The van der Waals surface area contributed by atoms with E-state index in [0.717, 1.165) is 16.1 Å². The first-order valence-electron chi connectivity index (χ1n) is 4.68. The van der Waals surface area contributed by atoms with Crippen LogP contribution in [0.2, 0.25) is 5.02 Å². The molecule has 0 spiro atoms. The van der Waals surface area contributed by atoms with Crippen molar-refractivity contribution in [1.29, 1.82) is 0 Å². The van der Waals surface area contributed by atoms with Gasteiger partial charge in [-0.1, -0.05) is 29.8 Å². The minimum Gasteiger partial charge on any atom is -0.258 e. The van der Waals surface area contributed by atoms with Gasteiger partial charge in [-0.2, -0.15) is 0 Å². The topological polar surface area (TPSA) is 43.1 Å². The second kappa shape index (κ2) is 4.33. The third-order valence-corrected chi connectivity index (χ3v) is 2.41. The van der Waals surface area contributed by atoms with Gasteiger partial charge in [-0.05, 0) is 29.8 Å². The molecule has 2 aliphatic rings. The smallest absolute Gasteiger partial charge is 0.258 e. The predicted octanol–water partition coefficient (Wildman–Crippen LogP) is 3.92. The van der Waals surface area contributed by atoms with E-state index in [1.54, 1.807) is 12.1 Å². The summed E-state index contributed by atoms with van der Waals surface area (Å²) in [5.41, 5.74) is 2.06. The van der Waals surface area contributed by atoms with Crippen LogP contribution >= 0.6 is 11.6 Å². The third-order valence-electron chi connectivity index (χ3n) is 2.15. The van der Waals surface area contributed by atoms with Crippen LogP contribution in [0, 0.1) is 10.1 Å². The molecule has 0 bridgehead atoms. The molecule has 1 aromatic carbocycles. The van der Waals surface area contributed by atoms with E-state index >= 15 is 0 Å². The Hall–Kier alpha value is -1.87. The van der Waals surface area contributed by atoms with Crippen LogP contribution < -0.4 is 0 Å². The molecule has 0 fully saturated rings. The van der Waals surface area contributed by atoms with E-state index in [4.69, 9.17) is 11.6 Å². The second-order valence-electron chi connectivity index (χ2n) is 3.28. The number of nitro groups is 1. The van der Waals surface area contributed by atoms with Gasteiger partial charge < -0.3 is 0 Å². The maximum atomic E-state index is 10.1. The Morgan fingerprint density at radius 1 is 1.06 bits per heavy atom. The molecular formula is C12H8ClNO2. The minimum atomic E-state index is -0.359. The Bertz CT molecular complexity index is 526. The van der Waals surface area contributed by atoms with Crippen molar-refractivity contribution in [3.05, 3.63) is 63.7 Å². The lowest BCUT2D eigenvalue weighted by molar-refractivity contribution is -0.383. The van der Waals surface area contributed by atoms with Gasteiger partial charge in [-0.3, -0.25) is 10.1 Å². The highest BCUT2D eigenvalue weighted by Crippen LogP contribution is 2.42. The lowest BCUT2D eigenvalue weighted by atomic mass is 10.4. The predicted molar refractivity (Wildman–Crippen MR) is 63.5 cm³/mol. The van der Waals surface area contributed by atoms with Crippen molar-refractivity contribution in [3.8, 4) is 11.1 Å². The molecule has 0 amide bonds. The van der Waals surface area contributed by atoms with E-state index < -0.39 is 0 Å². The molecule has 2 aliphatic carbocycles. The van der Waals surface area contributed by atoms with Gasteiger partial charge in [0.25, 0.3) is 5.69 Å². The average Bonchev–Trinajstić information content (AvgIpc) is 2.91. The molecule has 0 atom stereocenters. The van der Waals surface area contributed by atoms with E-state index in [9.17, 15) is 10.1 Å². The standard InChI is InChI=1S/C6H5Cl.C6H3NO2/c7-6-4-2-1-3-5-6;8-7(9)6-2-1-4-3-5(4)6/h1-5H;1-3H. The van der Waals surface area contributed by atoms with Crippen LogP contribution in [-0.2, 0) is 0 Å². The number of benzene rings is 2. The van der Waals surface area contributed by atoms with Crippen LogP contribution in [0.25, 0.3) is 11.1 Å². The van der Waals surface area contributed by atoms with Gasteiger partial charge in [-0.25, -0.2) is 0 Å². The number of halogens is 1. The van der Waals surface area contributed by atoms with E-state index in [-0.39, 0.29) is 10.6 Å². The fourth-order valence-electron chi connectivity index (χ4n) is 1.31. The molecule has 1 aromatic rings. The Morgan fingerprint density at radius 3 is 2.00 bits per heavy atom. The lowest BCUT2D eigenvalue weighted by Crippen LogP contribution is -1.82. The van der Waals surface area contributed by atoms with Crippen LogP contribution in [0.1, 0.15) is 0 Å². The Labute approximate surface area is 97.4 Å². The summed E-state index contributed by atoms with van der Waals surface area (Å²) in [4.78, 5) is 9.74. The minimum absolute atomic E-state index is 0.241. The molecule has 16 heavy (non-hydrogen) atoms. The fraction of sp³-hybridized carbons (Fsp3) is 0. The molecule has 4 heteroatoms. The maximum absolute atomic E-state index is 10.1. The molecule has 80 valence electrons. The molecule has 3 nitrogen and oxygen atoms in total. The van der Waals surface area contributed by atoms with E-state index in [1.165, 1.54) is 6.07 Å². The zero-order valence-electron chi connectivity index (χ0n) is 8.26. The zero-order valence-corrected chi connectivity index (χ0v) is 9.02. The van der Waals surface area contributed by atoms with Gasteiger partial charge in [-0.15, -0.1) is 0 Å². The van der Waals surface area contributed by atoms with Gasteiger partial charge in [0, 0.05) is 11.1 Å². The SMILES string of the molecule is Clc1ccccc1.O=[N+]([O-])c1ccc2cc1-2. The summed E-state index contributed by atoms with van der Waals surface area (Å²) in [5.74, 6) is 0. The van der Waals surface area contributed by atoms with Gasteiger partial charge >= 0.3 is 0 Å². The quantitative estimate of drug-likeness (QED) is 0.472. The van der Waals surface area contributed by atoms with Gasteiger partial charge in [0.2, 0.25) is 0 Å². The summed E-state index contributed by atoms with van der Waals surface area (Å²) in [6, 6.07) is 14.5. The highest BCUT2D eigenvalue weighted by molar-refractivity contribution is 6.30. The summed E-state index contributed by atoms with van der Waals surface area (Å²) >= 11 is 5.54. The third kappa shape index (κ3) is 2.38. The Kier molecular flexibility index (Phi) is 2.88. The molecule has 0 radical (unpaired) electrons. The van der Waals surface area contributed by atoms with Crippen LogP contribution in [0.4, 0.5) is 5.69 Å². The molecule has 0 unspecified atom stereocenters. The van der Waals surface area contributed by atoms with Crippen LogP contribution in [0.3, 0.4) is 0 Å². The molecule has 0 N–H and O–H groups in total. The molecule has 0 heterocycles. The highest BCUT2D eigenvalue weighted by atomic mass is 35.5. The van der Waals surface area contributed by atoms with Gasteiger partial charge in [0.1, 0.15) is 0 Å². The number of hydrogen-bond acceptors (Lipinski definition) is 2. The first kappa shape index (κ1) is 10.6. The molecule has 3 rings (SSSR count). The molecular weight excluding hydrogens is 226 g/mol. The number of nitro benzene ring substituents is 1. The average molecular weight is 234 g/mol. The van der Waals surface area contributed by atoms with Crippen LogP contribution in [-0.4, -0.2) is 4.92 Å². The van der Waals surface area contributed by atoms with Crippen molar-refractivity contribution in [2.45, 2.75) is 0 Å². The summed E-state index contributed by atoms with van der Waals surface area (Å²) < 4.78 is 0. The second-order valence-corrected chi connectivity index (χ2v) is 3.72. The number of fused-ring (bicyclic) bond motifs is 1. The largest absolute Gasteiger partial charge is 0.277 e. The number of hydrogen-bond donors (Lipinski definition) is 0. The summed E-state index contributed by atoms with van der Waals surface area (Å²) in [7, 11) is 0. The first-order chi connectivity index (χ1) is 7.68. The van der Waals surface area contributed by atoms with Crippen molar-refractivity contribution < 1.29 is 4.92 Å². The fourth-order valence-corrected chi connectivity index (χ4v) is 1.46. The van der Waals surface area contributed by atoms with Crippen molar-refractivity contribution in [2.75, 3.05) is 0 Å². The van der Waals surface area contributed by atoms with Crippen LogP contribution in [0.15, 0.2) is 48.5 Å². The van der Waals surface area contributed by atoms with Gasteiger partial charge in [0.15, 0.2) is 0 Å². The normalized spacial score (nSPS) is 10.1. The van der Waals surface area contributed by atoms with Crippen molar-refractivity contribution >= 4 is 17.3 Å². The van der Waals surface area contributed by atoms with Crippen molar-refractivity contribution in [1.82, 2.24) is 0 Å². The van der Waals surface area contributed by atoms with E-state index in [2.05, 4.69) is 0 Å². The molecule has 0 saturated heterocycles. The molecule has 0 aromatic heterocycles. The lowest BCUT2D eigenvalue weighted by Gasteiger charge is -1.80. The van der Waals surface area contributed by atoms with Crippen molar-refractivity contribution in [3.63, 3.8) is 0 Å². The van der Waals surface area contributed by atoms with Gasteiger partial charge in [0.05, 0.1) is 10.5 Å².